The SMILES string of the molecule is OCCOCCN(CCO)CC(F)(F)F. The van der Waals surface area contributed by atoms with Gasteiger partial charge in [0.1, 0.15) is 0 Å². The summed E-state index contributed by atoms with van der Waals surface area (Å²) in [4.78, 5) is 1.05. The highest BCUT2D eigenvalue weighted by atomic mass is 19.4. The molecule has 2 N–H and O–H groups in total. The van der Waals surface area contributed by atoms with Gasteiger partial charge in [-0.15, -0.1) is 0 Å². The monoisotopic (exact) mass is 231 g/mol. The molecular formula is C8H16F3NO3. The Balaban J connectivity index is 3.73. The van der Waals surface area contributed by atoms with Crippen molar-refractivity contribution < 1.29 is 28.1 Å². The lowest BCUT2D eigenvalue weighted by atomic mass is 10.4. The predicted molar refractivity (Wildman–Crippen MR) is 47.5 cm³/mol. The Kier molecular flexibility index (Phi) is 7.67. The molecule has 0 unspecified atom stereocenters. The fourth-order valence-electron chi connectivity index (χ4n) is 1.03. The fraction of sp³-hybridized carbons (Fsp3) is 1.00. The number of hydrogen-bond acceptors (Lipinski definition) is 4. The van der Waals surface area contributed by atoms with Crippen molar-refractivity contribution in [3.8, 4) is 0 Å². The van der Waals surface area contributed by atoms with E-state index in [0.717, 1.165) is 4.90 Å². The first kappa shape index (κ1) is 14.6. The molecule has 0 aromatic rings. The molecule has 0 spiro atoms. The Morgan fingerprint density at radius 1 is 1.00 bits per heavy atom. The Morgan fingerprint density at radius 2 is 1.67 bits per heavy atom. The van der Waals surface area contributed by atoms with Crippen molar-refractivity contribution in [3.05, 3.63) is 0 Å². The molecule has 0 bridgehead atoms. The molecule has 0 rings (SSSR count). The van der Waals surface area contributed by atoms with Crippen molar-refractivity contribution >= 4 is 0 Å². The second kappa shape index (κ2) is 7.86. The predicted octanol–water partition coefficient (Wildman–Crippen LogP) is -0.148. The average Bonchev–Trinajstić information content (AvgIpc) is 2.10. The number of halogens is 3. The van der Waals surface area contributed by atoms with Crippen LogP contribution in [0, 0.1) is 0 Å². The van der Waals surface area contributed by atoms with Gasteiger partial charge in [0, 0.05) is 13.1 Å². The van der Waals surface area contributed by atoms with Crippen molar-refractivity contribution in [1.82, 2.24) is 4.90 Å². The molecule has 4 nitrogen and oxygen atoms in total. The molecule has 0 atom stereocenters. The van der Waals surface area contributed by atoms with Gasteiger partial charge in [0.25, 0.3) is 0 Å². The van der Waals surface area contributed by atoms with Crippen molar-refractivity contribution in [3.63, 3.8) is 0 Å². The maximum Gasteiger partial charge on any atom is 0.401 e. The van der Waals surface area contributed by atoms with Gasteiger partial charge in [-0.3, -0.25) is 4.90 Å². The highest BCUT2D eigenvalue weighted by molar-refractivity contribution is 4.62. The summed E-state index contributed by atoms with van der Waals surface area (Å²) in [5.74, 6) is 0. The van der Waals surface area contributed by atoms with Gasteiger partial charge in [-0.1, -0.05) is 0 Å². The van der Waals surface area contributed by atoms with Gasteiger partial charge in [-0.25, -0.2) is 0 Å². The van der Waals surface area contributed by atoms with Crippen LogP contribution in [0.3, 0.4) is 0 Å². The van der Waals surface area contributed by atoms with E-state index < -0.39 is 12.7 Å². The number of hydrogen-bond donors (Lipinski definition) is 2. The first-order chi connectivity index (χ1) is 6.99. The molecule has 0 amide bonds. The van der Waals surface area contributed by atoms with Crippen LogP contribution >= 0.6 is 0 Å². The van der Waals surface area contributed by atoms with Gasteiger partial charge in [-0.2, -0.15) is 13.2 Å². The summed E-state index contributed by atoms with van der Waals surface area (Å²) in [6.45, 7) is -1.27. The molecular weight excluding hydrogens is 215 g/mol. The topological polar surface area (TPSA) is 52.9 Å². The second-order valence-electron chi connectivity index (χ2n) is 2.95. The fourth-order valence-corrected chi connectivity index (χ4v) is 1.03. The van der Waals surface area contributed by atoms with Gasteiger partial charge in [0.15, 0.2) is 0 Å². The standard InChI is InChI=1S/C8H16F3NO3/c9-8(10,11)7-12(1-3-13)2-5-15-6-4-14/h13-14H,1-7H2. The van der Waals surface area contributed by atoms with Crippen LogP contribution in [0.5, 0.6) is 0 Å². The summed E-state index contributed by atoms with van der Waals surface area (Å²) in [6, 6.07) is 0. The third-order valence-corrected chi connectivity index (χ3v) is 1.61. The quantitative estimate of drug-likeness (QED) is 0.570. The van der Waals surface area contributed by atoms with Crippen molar-refractivity contribution in [2.45, 2.75) is 6.18 Å². The van der Waals surface area contributed by atoms with E-state index >= 15 is 0 Å². The first-order valence-corrected chi connectivity index (χ1v) is 4.58. The van der Waals surface area contributed by atoms with Crippen LogP contribution in [0.25, 0.3) is 0 Å². The second-order valence-corrected chi connectivity index (χ2v) is 2.95. The normalized spacial score (nSPS) is 12.4. The largest absolute Gasteiger partial charge is 0.401 e. The van der Waals surface area contributed by atoms with Gasteiger partial charge in [-0.05, 0) is 0 Å². The zero-order valence-corrected chi connectivity index (χ0v) is 8.33. The van der Waals surface area contributed by atoms with Gasteiger partial charge in [0.2, 0.25) is 0 Å². The third-order valence-electron chi connectivity index (χ3n) is 1.61. The van der Waals surface area contributed by atoms with Crippen LogP contribution in [0.4, 0.5) is 13.2 Å². The van der Waals surface area contributed by atoms with Crippen LogP contribution in [-0.2, 0) is 4.74 Å². The van der Waals surface area contributed by atoms with E-state index in [-0.39, 0.29) is 39.5 Å². The molecule has 0 saturated carbocycles. The van der Waals surface area contributed by atoms with Crippen molar-refractivity contribution in [1.29, 1.82) is 0 Å². The lowest BCUT2D eigenvalue weighted by Crippen LogP contribution is -2.38. The Hall–Kier alpha value is -0.370. The summed E-state index contributed by atoms with van der Waals surface area (Å²) < 4.78 is 40.8. The third kappa shape index (κ3) is 9.92. The smallest absolute Gasteiger partial charge is 0.395 e. The van der Waals surface area contributed by atoms with E-state index in [2.05, 4.69) is 0 Å². The summed E-state index contributed by atoms with van der Waals surface area (Å²) in [7, 11) is 0. The summed E-state index contributed by atoms with van der Waals surface area (Å²) in [5.41, 5.74) is 0. The molecule has 0 fully saturated rings. The molecule has 7 heteroatoms. The molecule has 0 saturated heterocycles. The zero-order chi connectivity index (χ0) is 11.7. The Morgan fingerprint density at radius 3 is 2.13 bits per heavy atom. The van der Waals surface area contributed by atoms with Crippen LogP contribution in [0.2, 0.25) is 0 Å². The molecule has 0 aliphatic rings. The lowest BCUT2D eigenvalue weighted by Gasteiger charge is -2.22. The number of aliphatic hydroxyl groups excluding tert-OH is 2. The van der Waals surface area contributed by atoms with E-state index in [4.69, 9.17) is 14.9 Å². The van der Waals surface area contributed by atoms with Gasteiger partial charge >= 0.3 is 6.18 Å². The number of aliphatic hydroxyl groups is 2. The van der Waals surface area contributed by atoms with E-state index in [1.165, 1.54) is 0 Å². The number of rotatable bonds is 8. The molecule has 0 aliphatic heterocycles. The Labute approximate surface area is 86.3 Å². The molecule has 0 heterocycles. The molecule has 92 valence electrons. The van der Waals surface area contributed by atoms with Crippen LogP contribution in [0.15, 0.2) is 0 Å². The van der Waals surface area contributed by atoms with E-state index in [9.17, 15) is 13.2 Å². The van der Waals surface area contributed by atoms with Crippen molar-refractivity contribution in [2.24, 2.45) is 0 Å². The number of alkyl halides is 3. The van der Waals surface area contributed by atoms with Gasteiger partial charge in [0.05, 0.1) is 33.0 Å². The van der Waals surface area contributed by atoms with Crippen LogP contribution < -0.4 is 0 Å². The maximum atomic E-state index is 12.0. The van der Waals surface area contributed by atoms with E-state index in [1.54, 1.807) is 0 Å². The first-order valence-electron chi connectivity index (χ1n) is 4.58. The van der Waals surface area contributed by atoms with Crippen LogP contribution in [-0.4, -0.2) is 67.4 Å². The highest BCUT2D eigenvalue weighted by Gasteiger charge is 2.30. The summed E-state index contributed by atoms with van der Waals surface area (Å²) >= 11 is 0. The van der Waals surface area contributed by atoms with E-state index in [0.29, 0.717) is 0 Å². The summed E-state index contributed by atoms with van der Waals surface area (Å²) in [5, 5.41) is 16.9. The van der Waals surface area contributed by atoms with Crippen LogP contribution in [0.1, 0.15) is 0 Å². The minimum atomic E-state index is -4.27. The number of nitrogens with zero attached hydrogens (tertiary/aromatic N) is 1. The maximum absolute atomic E-state index is 12.0. The van der Waals surface area contributed by atoms with Crippen molar-refractivity contribution in [2.75, 3.05) is 46.1 Å². The zero-order valence-electron chi connectivity index (χ0n) is 8.33. The summed E-state index contributed by atoms with van der Waals surface area (Å²) in [6.07, 6.45) is -4.27. The molecule has 0 radical (unpaired) electrons. The molecule has 0 aromatic carbocycles. The highest BCUT2D eigenvalue weighted by Crippen LogP contribution is 2.15. The number of ether oxygens (including phenoxy) is 1. The van der Waals surface area contributed by atoms with Gasteiger partial charge < -0.3 is 14.9 Å². The lowest BCUT2D eigenvalue weighted by molar-refractivity contribution is -0.148. The molecule has 15 heavy (non-hydrogen) atoms. The molecule has 0 aliphatic carbocycles. The average molecular weight is 231 g/mol. The Bertz CT molecular complexity index is 155. The molecule has 0 aromatic heterocycles. The minimum Gasteiger partial charge on any atom is -0.395 e. The minimum absolute atomic E-state index is 0.0397. The van der Waals surface area contributed by atoms with E-state index in [1.807, 2.05) is 0 Å².